The summed E-state index contributed by atoms with van der Waals surface area (Å²) in [6.45, 7) is 1.08. The number of benzene rings is 3. The van der Waals surface area contributed by atoms with Crippen molar-refractivity contribution in [1.82, 2.24) is 5.32 Å². The van der Waals surface area contributed by atoms with Gasteiger partial charge in [-0.2, -0.15) is 0 Å². The predicted octanol–water partition coefficient (Wildman–Crippen LogP) is 3.65. The summed E-state index contributed by atoms with van der Waals surface area (Å²) in [5.74, 6) is 0.160. The van der Waals surface area contributed by atoms with Gasteiger partial charge in [0.15, 0.2) is 6.61 Å². The smallest absolute Gasteiger partial charge is 0.255 e. The molecule has 5 heteroatoms. The first-order chi connectivity index (χ1) is 12.1. The van der Waals surface area contributed by atoms with Crippen LogP contribution in [0.5, 0.6) is 5.75 Å². The third-order valence-electron chi connectivity index (χ3n) is 3.94. The quantitative estimate of drug-likeness (QED) is 0.680. The highest BCUT2D eigenvalue weighted by molar-refractivity contribution is 6.31. The highest BCUT2D eigenvalue weighted by Crippen LogP contribution is 2.28. The van der Waals surface area contributed by atoms with E-state index in [2.05, 4.69) is 5.32 Å². The summed E-state index contributed by atoms with van der Waals surface area (Å²) in [6, 6.07) is 19.6. The number of primary amides is 1. The number of rotatable bonds is 7. The fourth-order valence-corrected chi connectivity index (χ4v) is 2.95. The molecule has 0 radical (unpaired) electrons. The molecule has 0 saturated carbocycles. The molecule has 0 aromatic heterocycles. The molecule has 3 N–H and O–H groups in total. The Labute approximate surface area is 151 Å². The number of hydrogen-bond acceptors (Lipinski definition) is 3. The van der Waals surface area contributed by atoms with Crippen LogP contribution in [0.2, 0.25) is 5.02 Å². The molecule has 0 fully saturated rings. The van der Waals surface area contributed by atoms with Gasteiger partial charge >= 0.3 is 0 Å². The van der Waals surface area contributed by atoms with E-state index in [0.717, 1.165) is 26.9 Å². The Hall–Kier alpha value is -2.56. The Morgan fingerprint density at radius 3 is 2.56 bits per heavy atom. The second-order valence-electron chi connectivity index (χ2n) is 5.71. The number of ether oxygens (including phenoxy) is 1. The molecule has 0 spiro atoms. The number of fused-ring (bicyclic) bond motifs is 1. The minimum Gasteiger partial charge on any atom is -0.483 e. The topological polar surface area (TPSA) is 64.4 Å². The summed E-state index contributed by atoms with van der Waals surface area (Å²) in [5, 5.41) is 6.33. The fourth-order valence-electron chi connectivity index (χ4n) is 2.75. The van der Waals surface area contributed by atoms with Crippen molar-refractivity contribution in [3.8, 4) is 5.75 Å². The molecule has 0 heterocycles. The summed E-state index contributed by atoms with van der Waals surface area (Å²) in [5.41, 5.74) is 7.23. The first-order valence-corrected chi connectivity index (χ1v) is 8.39. The molecule has 0 bridgehead atoms. The maximum absolute atomic E-state index is 11.1. The summed E-state index contributed by atoms with van der Waals surface area (Å²) in [4.78, 5) is 11.1. The lowest BCUT2D eigenvalue weighted by molar-refractivity contribution is -0.119. The van der Waals surface area contributed by atoms with Crippen LogP contribution in [0.1, 0.15) is 11.1 Å². The van der Waals surface area contributed by atoms with E-state index in [1.54, 1.807) is 0 Å². The summed E-state index contributed by atoms with van der Waals surface area (Å²) in [7, 11) is 0. The van der Waals surface area contributed by atoms with Gasteiger partial charge in [0.25, 0.3) is 5.91 Å². The van der Waals surface area contributed by atoms with E-state index in [9.17, 15) is 4.79 Å². The average Bonchev–Trinajstić information content (AvgIpc) is 2.62. The third kappa shape index (κ3) is 4.29. The largest absolute Gasteiger partial charge is 0.483 e. The Morgan fingerprint density at radius 2 is 1.76 bits per heavy atom. The van der Waals surface area contributed by atoms with Crippen LogP contribution in [0.3, 0.4) is 0 Å². The highest BCUT2D eigenvalue weighted by Gasteiger charge is 2.10. The van der Waals surface area contributed by atoms with Crippen molar-refractivity contribution in [2.45, 2.75) is 13.1 Å². The molecule has 3 rings (SSSR count). The van der Waals surface area contributed by atoms with Crippen molar-refractivity contribution in [3.63, 3.8) is 0 Å². The van der Waals surface area contributed by atoms with Crippen LogP contribution in [-0.4, -0.2) is 12.5 Å². The molecule has 4 nitrogen and oxygen atoms in total. The molecule has 0 unspecified atom stereocenters. The molecule has 3 aromatic carbocycles. The zero-order valence-corrected chi connectivity index (χ0v) is 14.4. The van der Waals surface area contributed by atoms with Gasteiger partial charge in [-0.15, -0.1) is 0 Å². The van der Waals surface area contributed by atoms with Crippen LogP contribution in [0.15, 0.2) is 60.7 Å². The van der Waals surface area contributed by atoms with Crippen LogP contribution >= 0.6 is 11.6 Å². The van der Waals surface area contributed by atoms with Gasteiger partial charge in [-0.3, -0.25) is 4.79 Å². The molecular weight excluding hydrogens is 336 g/mol. The highest BCUT2D eigenvalue weighted by atomic mass is 35.5. The SMILES string of the molecule is NC(=O)COc1ccc2ccccc2c1CNCc1ccccc1Cl. The van der Waals surface area contributed by atoms with Gasteiger partial charge in [0.05, 0.1) is 0 Å². The zero-order chi connectivity index (χ0) is 17.6. The Bertz CT molecular complexity index is 896. The fraction of sp³-hybridized carbons (Fsp3) is 0.150. The molecule has 1 amide bonds. The molecule has 0 aliphatic rings. The lowest BCUT2D eigenvalue weighted by Gasteiger charge is -2.15. The van der Waals surface area contributed by atoms with Gasteiger partial charge in [-0.25, -0.2) is 0 Å². The number of nitrogens with one attached hydrogen (secondary N) is 1. The molecule has 0 aliphatic carbocycles. The first-order valence-electron chi connectivity index (χ1n) is 8.01. The summed E-state index contributed by atoms with van der Waals surface area (Å²) < 4.78 is 5.59. The van der Waals surface area contributed by atoms with E-state index in [0.29, 0.717) is 18.8 Å². The van der Waals surface area contributed by atoms with Gasteiger partial charge in [0.2, 0.25) is 0 Å². The molecular formula is C20H19ClN2O2. The monoisotopic (exact) mass is 354 g/mol. The van der Waals surface area contributed by atoms with Crippen molar-refractivity contribution >= 4 is 28.3 Å². The van der Waals surface area contributed by atoms with Gasteiger partial charge < -0.3 is 15.8 Å². The van der Waals surface area contributed by atoms with E-state index < -0.39 is 5.91 Å². The Balaban J connectivity index is 1.83. The minimum absolute atomic E-state index is 0.143. The van der Waals surface area contributed by atoms with Gasteiger partial charge in [-0.1, -0.05) is 60.1 Å². The van der Waals surface area contributed by atoms with E-state index >= 15 is 0 Å². The van der Waals surface area contributed by atoms with Gasteiger partial charge in [-0.05, 0) is 28.5 Å². The van der Waals surface area contributed by atoms with Gasteiger partial charge in [0, 0.05) is 23.7 Å². The zero-order valence-electron chi connectivity index (χ0n) is 13.7. The predicted molar refractivity (Wildman–Crippen MR) is 101 cm³/mol. The van der Waals surface area contributed by atoms with Gasteiger partial charge in [0.1, 0.15) is 5.75 Å². The summed E-state index contributed by atoms with van der Waals surface area (Å²) >= 11 is 6.20. The summed E-state index contributed by atoms with van der Waals surface area (Å²) in [6.07, 6.45) is 0. The molecule has 0 saturated heterocycles. The normalized spacial score (nSPS) is 10.8. The minimum atomic E-state index is -0.497. The molecule has 3 aromatic rings. The van der Waals surface area contributed by atoms with E-state index in [1.165, 1.54) is 0 Å². The van der Waals surface area contributed by atoms with Crippen molar-refractivity contribution in [2.75, 3.05) is 6.61 Å². The second-order valence-corrected chi connectivity index (χ2v) is 6.12. The number of carbonyl (C=O) groups excluding carboxylic acids is 1. The van der Waals surface area contributed by atoms with E-state index in [1.807, 2.05) is 60.7 Å². The van der Waals surface area contributed by atoms with Crippen LogP contribution in [-0.2, 0) is 17.9 Å². The van der Waals surface area contributed by atoms with Crippen LogP contribution < -0.4 is 15.8 Å². The third-order valence-corrected chi connectivity index (χ3v) is 4.31. The second kappa shape index (κ2) is 8.01. The van der Waals surface area contributed by atoms with Crippen molar-refractivity contribution in [3.05, 3.63) is 76.8 Å². The van der Waals surface area contributed by atoms with Crippen molar-refractivity contribution in [2.24, 2.45) is 5.73 Å². The van der Waals surface area contributed by atoms with Crippen LogP contribution in [0.25, 0.3) is 10.8 Å². The standard InChI is InChI=1S/C20H19ClN2O2/c21-18-8-4-2-6-15(18)11-23-12-17-16-7-3-1-5-14(16)9-10-19(17)25-13-20(22)24/h1-10,23H,11-13H2,(H2,22,24). The molecule has 25 heavy (non-hydrogen) atoms. The molecule has 0 aliphatic heterocycles. The maximum Gasteiger partial charge on any atom is 0.255 e. The van der Waals surface area contributed by atoms with Crippen LogP contribution in [0.4, 0.5) is 0 Å². The average molecular weight is 355 g/mol. The number of hydrogen-bond donors (Lipinski definition) is 2. The Kier molecular flexibility index (Phi) is 5.53. The number of carbonyl (C=O) groups is 1. The number of halogens is 1. The number of amides is 1. The van der Waals surface area contributed by atoms with Crippen molar-refractivity contribution in [1.29, 1.82) is 0 Å². The first kappa shape index (κ1) is 17.3. The Morgan fingerprint density at radius 1 is 1.00 bits per heavy atom. The van der Waals surface area contributed by atoms with E-state index in [-0.39, 0.29) is 6.61 Å². The van der Waals surface area contributed by atoms with Crippen LogP contribution in [0, 0.1) is 0 Å². The van der Waals surface area contributed by atoms with Crippen molar-refractivity contribution < 1.29 is 9.53 Å². The molecule has 0 atom stereocenters. The maximum atomic E-state index is 11.1. The lowest BCUT2D eigenvalue weighted by atomic mass is 10.0. The number of nitrogens with two attached hydrogens (primary N) is 1. The van der Waals surface area contributed by atoms with E-state index in [4.69, 9.17) is 22.1 Å². The molecule has 128 valence electrons. The lowest BCUT2D eigenvalue weighted by Crippen LogP contribution is -2.21.